The van der Waals surface area contributed by atoms with Crippen molar-refractivity contribution >= 4 is 39.6 Å². The summed E-state index contributed by atoms with van der Waals surface area (Å²) >= 11 is 5.25. The quantitative estimate of drug-likeness (QED) is 0.297. The number of nitrogens with one attached hydrogen (secondary N) is 1. The van der Waals surface area contributed by atoms with Crippen molar-refractivity contribution in [2.75, 3.05) is 12.4 Å². The molecule has 4 aromatic rings. The first kappa shape index (κ1) is 20.5. The first-order valence-electron chi connectivity index (χ1n) is 9.47. The van der Waals surface area contributed by atoms with Crippen molar-refractivity contribution in [2.45, 2.75) is 6.54 Å². The van der Waals surface area contributed by atoms with Gasteiger partial charge in [0.1, 0.15) is 11.6 Å². The van der Waals surface area contributed by atoms with Crippen LogP contribution in [0.15, 0.2) is 83.0 Å². The molecule has 1 aromatic heterocycles. The number of ether oxygens (including phenoxy) is 1. The molecule has 0 saturated carbocycles. The van der Waals surface area contributed by atoms with Gasteiger partial charge in [0.15, 0.2) is 5.69 Å². The van der Waals surface area contributed by atoms with E-state index < -0.39 is 0 Å². The summed E-state index contributed by atoms with van der Waals surface area (Å²) in [6, 6.07) is 21.0. The van der Waals surface area contributed by atoms with Gasteiger partial charge in [-0.25, -0.2) is 4.39 Å². The van der Waals surface area contributed by atoms with Crippen LogP contribution in [0.25, 0.3) is 10.9 Å². The highest BCUT2D eigenvalue weighted by Crippen LogP contribution is 2.39. The van der Waals surface area contributed by atoms with Gasteiger partial charge in [-0.1, -0.05) is 36.4 Å². The fraction of sp³-hybridized carbons (Fsp3) is 0.0870. The number of fused-ring (bicyclic) bond motifs is 1. The van der Waals surface area contributed by atoms with Gasteiger partial charge in [0.2, 0.25) is 11.0 Å². The van der Waals surface area contributed by atoms with Gasteiger partial charge in [-0.3, -0.25) is 0 Å². The molecule has 0 amide bonds. The zero-order valence-electron chi connectivity index (χ0n) is 16.6. The van der Waals surface area contributed by atoms with Crippen LogP contribution < -0.4 is 10.1 Å². The number of aromatic hydroxyl groups is 1. The standard InChI is InChI=1S/C23H19FN4O2S/c1-30-17-12-10-16(11-13-17)25-23(31)27-26-21-18-7-3-5-9-20(18)28(22(21)29)14-15-6-2-4-8-19(15)24/h2-13,29H,14H2,1H3,(H,25,31). The second kappa shape index (κ2) is 8.93. The number of azo groups is 1. The molecular weight excluding hydrogens is 415 g/mol. The Balaban J connectivity index is 1.62. The Labute approximate surface area is 183 Å². The summed E-state index contributed by atoms with van der Waals surface area (Å²) in [5.41, 5.74) is 2.17. The molecule has 0 atom stereocenters. The Morgan fingerprint density at radius 2 is 1.77 bits per heavy atom. The molecule has 0 unspecified atom stereocenters. The summed E-state index contributed by atoms with van der Waals surface area (Å²) in [5.74, 6) is 0.277. The van der Waals surface area contributed by atoms with Gasteiger partial charge in [-0.15, -0.1) is 10.2 Å². The van der Waals surface area contributed by atoms with Crippen LogP contribution >= 0.6 is 12.2 Å². The number of para-hydroxylation sites is 1. The van der Waals surface area contributed by atoms with E-state index in [1.807, 2.05) is 24.3 Å². The first-order chi connectivity index (χ1) is 15.1. The van der Waals surface area contributed by atoms with Gasteiger partial charge < -0.3 is 19.7 Å². The normalized spacial score (nSPS) is 11.2. The van der Waals surface area contributed by atoms with Crippen LogP contribution in [0, 0.1) is 5.82 Å². The molecule has 31 heavy (non-hydrogen) atoms. The van der Waals surface area contributed by atoms with Gasteiger partial charge in [-0.2, -0.15) is 0 Å². The Kier molecular flexibility index (Phi) is 5.90. The molecule has 0 aliphatic heterocycles. The molecule has 0 radical (unpaired) electrons. The first-order valence-corrected chi connectivity index (χ1v) is 9.88. The summed E-state index contributed by atoms with van der Waals surface area (Å²) in [6.07, 6.45) is 0. The number of nitrogens with zero attached hydrogens (tertiary/aromatic N) is 3. The number of hydrogen-bond acceptors (Lipinski definition) is 4. The predicted octanol–water partition coefficient (Wildman–Crippen LogP) is 6.02. The number of aromatic nitrogens is 1. The van der Waals surface area contributed by atoms with E-state index in [9.17, 15) is 9.50 Å². The largest absolute Gasteiger partial charge is 0.497 e. The fourth-order valence-corrected chi connectivity index (χ4v) is 3.40. The summed E-state index contributed by atoms with van der Waals surface area (Å²) in [7, 11) is 1.59. The number of anilines is 1. The predicted molar refractivity (Wildman–Crippen MR) is 123 cm³/mol. The average Bonchev–Trinajstić information content (AvgIpc) is 3.05. The molecule has 0 aliphatic carbocycles. The van der Waals surface area contributed by atoms with Gasteiger partial charge in [0.05, 0.1) is 19.2 Å². The van der Waals surface area contributed by atoms with Crippen molar-refractivity contribution in [3.05, 3.63) is 84.2 Å². The minimum atomic E-state index is -0.340. The third-order valence-electron chi connectivity index (χ3n) is 4.79. The van der Waals surface area contributed by atoms with Gasteiger partial charge in [0, 0.05) is 16.6 Å². The van der Waals surface area contributed by atoms with Gasteiger partial charge in [-0.05, 0) is 48.6 Å². The maximum absolute atomic E-state index is 14.2. The highest BCUT2D eigenvalue weighted by Gasteiger charge is 2.17. The Morgan fingerprint density at radius 3 is 2.52 bits per heavy atom. The van der Waals surface area contributed by atoms with E-state index in [1.54, 1.807) is 54.1 Å². The van der Waals surface area contributed by atoms with E-state index in [0.717, 1.165) is 11.4 Å². The fourth-order valence-electron chi connectivity index (χ4n) is 3.25. The van der Waals surface area contributed by atoms with E-state index in [0.29, 0.717) is 16.5 Å². The average molecular weight is 434 g/mol. The molecule has 0 spiro atoms. The smallest absolute Gasteiger partial charge is 0.221 e. The zero-order valence-corrected chi connectivity index (χ0v) is 17.4. The second-order valence-electron chi connectivity index (χ2n) is 6.73. The molecule has 0 bridgehead atoms. The number of halogens is 1. The van der Waals surface area contributed by atoms with Crippen molar-refractivity contribution in [3.63, 3.8) is 0 Å². The number of methoxy groups -OCH3 is 1. The van der Waals surface area contributed by atoms with E-state index in [-0.39, 0.29) is 29.0 Å². The van der Waals surface area contributed by atoms with Crippen molar-refractivity contribution in [1.82, 2.24) is 4.57 Å². The summed E-state index contributed by atoms with van der Waals surface area (Å²) < 4.78 is 20.9. The van der Waals surface area contributed by atoms with Crippen LogP contribution in [0.3, 0.4) is 0 Å². The number of thiocarbonyl (C=S) groups is 1. The van der Waals surface area contributed by atoms with Gasteiger partial charge in [0.25, 0.3) is 0 Å². The lowest BCUT2D eigenvalue weighted by Crippen LogP contribution is -2.04. The molecule has 156 valence electrons. The molecule has 0 fully saturated rings. The topological polar surface area (TPSA) is 71.1 Å². The van der Waals surface area contributed by atoms with Crippen LogP contribution in [0.1, 0.15) is 5.56 Å². The summed E-state index contributed by atoms with van der Waals surface area (Å²) in [4.78, 5) is 0. The van der Waals surface area contributed by atoms with Crippen LogP contribution in [-0.2, 0) is 6.54 Å². The number of benzene rings is 3. The van der Waals surface area contributed by atoms with Crippen LogP contribution in [0.4, 0.5) is 15.8 Å². The van der Waals surface area contributed by atoms with Crippen LogP contribution in [0.5, 0.6) is 11.6 Å². The van der Waals surface area contributed by atoms with E-state index in [2.05, 4.69) is 15.5 Å². The van der Waals surface area contributed by atoms with Crippen molar-refractivity contribution in [3.8, 4) is 11.6 Å². The molecule has 3 aromatic carbocycles. The maximum Gasteiger partial charge on any atom is 0.221 e. The summed E-state index contributed by atoms with van der Waals surface area (Å²) in [6.45, 7) is 0.156. The van der Waals surface area contributed by atoms with Crippen molar-refractivity contribution < 1.29 is 14.2 Å². The van der Waals surface area contributed by atoms with E-state index in [4.69, 9.17) is 17.0 Å². The minimum absolute atomic E-state index is 0.111. The highest BCUT2D eigenvalue weighted by atomic mass is 32.1. The molecular formula is C23H19FN4O2S. The van der Waals surface area contributed by atoms with Crippen LogP contribution in [-0.4, -0.2) is 21.9 Å². The Morgan fingerprint density at radius 1 is 1.06 bits per heavy atom. The lowest BCUT2D eigenvalue weighted by Gasteiger charge is -2.08. The Hall–Kier alpha value is -3.78. The highest BCUT2D eigenvalue weighted by molar-refractivity contribution is 7.80. The maximum atomic E-state index is 14.2. The number of rotatable bonds is 5. The number of hydrogen-bond donors (Lipinski definition) is 2. The zero-order chi connectivity index (χ0) is 21.8. The Bertz CT molecular complexity index is 1270. The molecule has 1 heterocycles. The lowest BCUT2D eigenvalue weighted by molar-refractivity contribution is 0.415. The molecule has 4 rings (SSSR count). The molecule has 2 N–H and O–H groups in total. The SMILES string of the molecule is COc1ccc(NC(=S)N=Nc2c(O)n(Cc3ccccc3F)c3ccccc23)cc1. The third-order valence-corrected chi connectivity index (χ3v) is 4.97. The third kappa shape index (κ3) is 4.39. The van der Waals surface area contributed by atoms with Crippen LogP contribution in [0.2, 0.25) is 0 Å². The molecule has 8 heteroatoms. The summed E-state index contributed by atoms with van der Waals surface area (Å²) in [5, 5.41) is 22.8. The second-order valence-corrected chi connectivity index (χ2v) is 7.11. The lowest BCUT2D eigenvalue weighted by atomic mass is 10.2. The van der Waals surface area contributed by atoms with E-state index in [1.165, 1.54) is 6.07 Å². The van der Waals surface area contributed by atoms with Crippen molar-refractivity contribution in [2.24, 2.45) is 10.2 Å². The monoisotopic (exact) mass is 434 g/mol. The van der Waals surface area contributed by atoms with E-state index >= 15 is 0 Å². The van der Waals surface area contributed by atoms with Crippen molar-refractivity contribution in [1.29, 1.82) is 0 Å². The molecule has 0 saturated heterocycles. The minimum Gasteiger partial charge on any atom is -0.497 e. The van der Waals surface area contributed by atoms with Gasteiger partial charge >= 0.3 is 0 Å². The molecule has 0 aliphatic rings. The molecule has 6 nitrogen and oxygen atoms in total.